The van der Waals surface area contributed by atoms with Crippen molar-refractivity contribution in [1.29, 1.82) is 0 Å². The molecule has 0 atom stereocenters. The quantitative estimate of drug-likeness (QED) is 0.501. The monoisotopic (exact) mass is 185 g/mol. The third-order valence-electron chi connectivity index (χ3n) is 0. The molecule has 1 N–H and O–H groups in total. The number of aliphatic hydroxyl groups is 1. The Hall–Kier alpha value is 1.17. The van der Waals surface area contributed by atoms with E-state index in [0.29, 0.717) is 0 Å². The minimum absolute atomic E-state index is 0. The van der Waals surface area contributed by atoms with E-state index in [9.17, 15) is 0 Å². The van der Waals surface area contributed by atoms with E-state index in [-0.39, 0.29) is 22.1 Å². The molecular formula is CH3FeMoO. The Kier molecular flexibility index (Phi) is 19.9. The summed E-state index contributed by atoms with van der Waals surface area (Å²) in [5.41, 5.74) is 0. The Labute approximate surface area is 47.2 Å². The average molecular weight is 183 g/mol. The van der Waals surface area contributed by atoms with Gasteiger partial charge in [0.15, 0.2) is 0 Å². The van der Waals surface area contributed by atoms with Crippen LogP contribution in [0.5, 0.6) is 0 Å². The summed E-state index contributed by atoms with van der Waals surface area (Å²) in [4.78, 5) is 0.260. The van der Waals surface area contributed by atoms with Crippen LogP contribution in [-0.2, 0) is 36.9 Å². The van der Waals surface area contributed by atoms with Crippen molar-refractivity contribution >= 4 is 0 Å². The van der Waals surface area contributed by atoms with E-state index in [0.717, 1.165) is 0 Å². The minimum atomic E-state index is 0. The second kappa shape index (κ2) is 8.90. The third kappa shape index (κ3) is 10.9. The van der Waals surface area contributed by atoms with E-state index in [1.54, 1.807) is 19.8 Å². The van der Waals surface area contributed by atoms with E-state index >= 15 is 0 Å². The van der Waals surface area contributed by atoms with Gasteiger partial charge in [0, 0.05) is 17.1 Å². The maximum Gasteiger partial charge on any atom is 0 e. The van der Waals surface area contributed by atoms with Crippen LogP contribution >= 0.6 is 0 Å². The van der Waals surface area contributed by atoms with Crippen LogP contribution in [0.25, 0.3) is 0 Å². The van der Waals surface area contributed by atoms with E-state index in [2.05, 4.69) is 0 Å². The van der Waals surface area contributed by atoms with Gasteiger partial charge in [-0.3, -0.25) is 0 Å². The van der Waals surface area contributed by atoms with E-state index in [4.69, 9.17) is 5.11 Å². The Morgan fingerprint density at radius 2 is 1.75 bits per heavy atom. The van der Waals surface area contributed by atoms with Gasteiger partial charge in [0.05, 0.1) is 0 Å². The molecule has 0 saturated carbocycles. The van der Waals surface area contributed by atoms with Crippen LogP contribution in [-0.4, -0.2) is 10.1 Å². The Morgan fingerprint density at radius 1 is 1.75 bits per heavy atom. The Bertz CT molecular complexity index is 8.00. The molecule has 0 amide bonds. The zero-order chi connectivity index (χ0) is 2.71. The van der Waals surface area contributed by atoms with Gasteiger partial charge in [-0.1, -0.05) is 0 Å². The molecule has 0 aliphatic rings. The van der Waals surface area contributed by atoms with Crippen molar-refractivity contribution in [2.45, 2.75) is 0 Å². The molecule has 0 aromatic carbocycles. The van der Waals surface area contributed by atoms with Gasteiger partial charge in [-0.25, -0.2) is 0 Å². The predicted octanol–water partition coefficient (Wildman–Crippen LogP) is -0.520. The van der Waals surface area contributed by atoms with Gasteiger partial charge in [0.2, 0.25) is 0 Å². The Morgan fingerprint density at radius 3 is 1.75 bits per heavy atom. The van der Waals surface area contributed by atoms with Gasteiger partial charge >= 0.3 is 29.9 Å². The third-order valence-corrected chi connectivity index (χ3v) is 0. The van der Waals surface area contributed by atoms with Crippen LogP contribution in [0, 0.1) is 0 Å². The summed E-state index contributed by atoms with van der Waals surface area (Å²) >= 11 is 1.63. The van der Waals surface area contributed by atoms with Gasteiger partial charge in [0.25, 0.3) is 0 Å². The normalized spacial score (nSPS) is 4.25. The summed E-state index contributed by atoms with van der Waals surface area (Å²) in [5.74, 6) is 0. The molecule has 4 heavy (non-hydrogen) atoms. The van der Waals surface area contributed by atoms with Gasteiger partial charge < -0.3 is 0 Å². The second-order valence-corrected chi connectivity index (χ2v) is 0.764. The van der Waals surface area contributed by atoms with Crippen molar-refractivity contribution < 1.29 is 42.0 Å². The molecule has 0 saturated heterocycles. The maximum absolute atomic E-state index is 7.57. The topological polar surface area (TPSA) is 20.2 Å². The number of hydrogen-bond donors (Lipinski definition) is 1. The summed E-state index contributed by atoms with van der Waals surface area (Å²) in [6.07, 6.45) is 0. The molecule has 0 aromatic rings. The standard InChI is InChI=1S/CH3O.Fe.Mo/c1-2;;/h2H,1H2;;. The fraction of sp³-hybridized carbons (Fsp3) is 1.00. The smallest absolute Gasteiger partial charge is 0 e. The minimum Gasteiger partial charge on any atom is 0 e. The van der Waals surface area contributed by atoms with Crippen LogP contribution in [0.4, 0.5) is 0 Å². The molecule has 27 valence electrons. The number of aliphatic hydroxyl groups excluding tert-OH is 1. The van der Waals surface area contributed by atoms with Crippen LogP contribution in [0.1, 0.15) is 0 Å². The summed E-state index contributed by atoms with van der Waals surface area (Å²) in [6.45, 7) is 0. The zero-order valence-electron chi connectivity index (χ0n) is 1.92. The molecule has 0 unspecified atom stereocenters. The fourth-order valence-electron chi connectivity index (χ4n) is 0. The first-order valence-electron chi connectivity index (χ1n) is 0.605. The van der Waals surface area contributed by atoms with Crippen molar-refractivity contribution in [3.05, 3.63) is 0 Å². The maximum atomic E-state index is 7.57. The predicted molar refractivity (Wildman–Crippen MR) is 7.09 cm³/mol. The molecule has 0 bridgehead atoms. The van der Waals surface area contributed by atoms with Gasteiger partial charge in [-0.2, -0.15) is 0 Å². The summed E-state index contributed by atoms with van der Waals surface area (Å²) in [7, 11) is 0. The van der Waals surface area contributed by atoms with Crippen molar-refractivity contribution in [2.24, 2.45) is 0 Å². The van der Waals surface area contributed by atoms with Crippen LogP contribution in [0.3, 0.4) is 0 Å². The molecule has 0 spiro atoms. The zero-order valence-corrected chi connectivity index (χ0v) is 5.03. The first-order valence-corrected chi connectivity index (χ1v) is 2.02. The molecule has 1 nitrogen and oxygen atoms in total. The number of rotatable bonds is 0. The summed E-state index contributed by atoms with van der Waals surface area (Å²) in [5, 5.41) is 7.57. The SMILES string of the molecule is O[CH2][Mo].[Fe]. The Balaban J connectivity index is 0. The molecule has 0 heterocycles. The molecule has 0 aliphatic carbocycles. The molecule has 0 fully saturated rings. The molecular weight excluding hydrogens is 180 g/mol. The van der Waals surface area contributed by atoms with Crippen LogP contribution in [0.2, 0.25) is 0 Å². The van der Waals surface area contributed by atoms with Crippen molar-refractivity contribution in [2.75, 3.05) is 5.00 Å². The summed E-state index contributed by atoms with van der Waals surface area (Å²) < 4.78 is 0. The second-order valence-electron chi connectivity index (χ2n) is 0.129. The molecule has 3 heteroatoms. The van der Waals surface area contributed by atoms with Crippen molar-refractivity contribution in [3.8, 4) is 0 Å². The first-order chi connectivity index (χ1) is 1.41. The largest absolute Gasteiger partial charge is 0 e. The van der Waals surface area contributed by atoms with Gasteiger partial charge in [0.1, 0.15) is 0 Å². The van der Waals surface area contributed by atoms with Crippen molar-refractivity contribution in [3.63, 3.8) is 0 Å². The van der Waals surface area contributed by atoms with Crippen LogP contribution < -0.4 is 0 Å². The molecule has 0 rings (SSSR count). The van der Waals surface area contributed by atoms with Gasteiger partial charge in [-0.05, 0) is 0 Å². The van der Waals surface area contributed by atoms with Crippen LogP contribution in [0.15, 0.2) is 0 Å². The van der Waals surface area contributed by atoms with Crippen molar-refractivity contribution in [1.82, 2.24) is 0 Å². The number of hydrogen-bond acceptors (Lipinski definition) is 1. The van der Waals surface area contributed by atoms with E-state index in [1.165, 1.54) is 0 Å². The molecule has 0 aromatic heterocycles. The van der Waals surface area contributed by atoms with E-state index < -0.39 is 0 Å². The first kappa shape index (κ1) is 8.95. The summed E-state index contributed by atoms with van der Waals surface area (Å²) in [6, 6.07) is 0. The van der Waals surface area contributed by atoms with Gasteiger partial charge in [-0.15, -0.1) is 0 Å². The average Bonchev–Trinajstić information content (AvgIpc) is 0.918. The molecule has 0 radical (unpaired) electrons. The molecule has 0 aliphatic heterocycles. The fourth-order valence-corrected chi connectivity index (χ4v) is 0. The van der Waals surface area contributed by atoms with E-state index in [1.807, 2.05) is 0 Å².